The van der Waals surface area contributed by atoms with Gasteiger partial charge in [0.05, 0.1) is 26.0 Å². The van der Waals surface area contributed by atoms with Crippen molar-refractivity contribution in [3.63, 3.8) is 0 Å². The molecule has 0 bridgehead atoms. The molecule has 10 nitrogen and oxygen atoms in total. The standard InChI is InChI=1S/C22H23N5O2.C4H5N3/c1-28-17-6-4-5-16(15-17)20-18-8-10-27(19-7-2-3-9-23-19)21(18)25-22(24-20)26-11-13-29-14-12-26;5-4-6-2-1-3-7-4/h2-7,9,15H,8,10-14H2,1H3;1-3H,(H2,5,6,7). The number of hydrogen-bond acceptors (Lipinski definition) is 10. The molecular weight excluding hydrogens is 456 g/mol. The highest BCUT2D eigenvalue weighted by atomic mass is 16.5. The Bertz CT molecular complexity index is 1280. The Morgan fingerprint density at radius 2 is 1.69 bits per heavy atom. The van der Waals surface area contributed by atoms with Gasteiger partial charge in [-0.05, 0) is 36.8 Å². The number of ether oxygens (including phenoxy) is 2. The maximum absolute atomic E-state index is 5.52. The predicted molar refractivity (Wildman–Crippen MR) is 138 cm³/mol. The van der Waals surface area contributed by atoms with Crippen LogP contribution in [0.3, 0.4) is 0 Å². The molecule has 0 unspecified atom stereocenters. The fraction of sp³-hybridized carbons (Fsp3) is 0.269. The van der Waals surface area contributed by atoms with Gasteiger partial charge in [-0.25, -0.2) is 19.9 Å². The highest BCUT2D eigenvalue weighted by Crippen LogP contribution is 2.39. The number of rotatable bonds is 4. The third kappa shape index (κ3) is 5.18. The van der Waals surface area contributed by atoms with Gasteiger partial charge in [0.2, 0.25) is 11.9 Å². The first-order valence-corrected chi connectivity index (χ1v) is 11.8. The van der Waals surface area contributed by atoms with Gasteiger partial charge in [0.15, 0.2) is 0 Å². The lowest BCUT2D eigenvalue weighted by Gasteiger charge is -2.28. The van der Waals surface area contributed by atoms with E-state index in [1.807, 2.05) is 42.6 Å². The highest BCUT2D eigenvalue weighted by Gasteiger charge is 2.29. The predicted octanol–water partition coefficient (Wildman–Crippen LogP) is 3.14. The zero-order valence-electron chi connectivity index (χ0n) is 20.1. The Balaban J connectivity index is 0.000000330. The fourth-order valence-electron chi connectivity index (χ4n) is 4.20. The van der Waals surface area contributed by atoms with E-state index in [1.165, 1.54) is 0 Å². The van der Waals surface area contributed by atoms with Crippen molar-refractivity contribution < 1.29 is 9.47 Å². The van der Waals surface area contributed by atoms with Crippen molar-refractivity contribution in [2.45, 2.75) is 6.42 Å². The first-order valence-electron chi connectivity index (χ1n) is 11.8. The summed E-state index contributed by atoms with van der Waals surface area (Å²) in [6.45, 7) is 3.81. The Kier molecular flexibility index (Phi) is 7.13. The third-order valence-corrected chi connectivity index (χ3v) is 5.96. The molecule has 2 N–H and O–H groups in total. The molecule has 0 radical (unpaired) electrons. The second-order valence-corrected chi connectivity index (χ2v) is 8.20. The summed E-state index contributed by atoms with van der Waals surface area (Å²) in [6, 6.07) is 15.8. The molecule has 5 heterocycles. The Hall–Kier alpha value is -4.31. The number of aromatic nitrogens is 5. The van der Waals surface area contributed by atoms with E-state index in [1.54, 1.807) is 25.6 Å². The van der Waals surface area contributed by atoms with E-state index in [9.17, 15) is 0 Å². The zero-order valence-corrected chi connectivity index (χ0v) is 20.1. The molecule has 0 atom stereocenters. The van der Waals surface area contributed by atoms with E-state index >= 15 is 0 Å². The Morgan fingerprint density at radius 1 is 0.889 bits per heavy atom. The van der Waals surface area contributed by atoms with E-state index in [-0.39, 0.29) is 0 Å². The van der Waals surface area contributed by atoms with Crippen LogP contribution < -0.4 is 20.3 Å². The van der Waals surface area contributed by atoms with Crippen molar-refractivity contribution in [2.75, 3.05) is 55.5 Å². The second-order valence-electron chi connectivity index (χ2n) is 8.20. The highest BCUT2D eigenvalue weighted by molar-refractivity contribution is 5.76. The van der Waals surface area contributed by atoms with E-state index in [2.05, 4.69) is 30.8 Å². The number of nitrogens with two attached hydrogens (primary N) is 1. The van der Waals surface area contributed by atoms with Gasteiger partial charge < -0.3 is 25.0 Å². The lowest BCUT2D eigenvalue weighted by molar-refractivity contribution is 0.122. The molecule has 1 aromatic carbocycles. The normalized spacial score (nSPS) is 14.6. The molecule has 0 spiro atoms. The van der Waals surface area contributed by atoms with Crippen molar-refractivity contribution in [2.24, 2.45) is 0 Å². The number of benzene rings is 1. The maximum atomic E-state index is 5.52. The first kappa shape index (κ1) is 23.4. The van der Waals surface area contributed by atoms with E-state index in [4.69, 9.17) is 25.2 Å². The summed E-state index contributed by atoms with van der Waals surface area (Å²) >= 11 is 0. The number of morpholine rings is 1. The SMILES string of the molecule is COc1cccc(-c2nc(N3CCOCC3)nc3c2CCN3c2ccccn2)c1.Nc1ncccn1. The van der Waals surface area contributed by atoms with Crippen molar-refractivity contribution >= 4 is 23.5 Å². The van der Waals surface area contributed by atoms with Crippen LogP contribution in [-0.4, -0.2) is 64.9 Å². The summed E-state index contributed by atoms with van der Waals surface area (Å²) in [5.41, 5.74) is 8.30. The van der Waals surface area contributed by atoms with Crippen LogP contribution >= 0.6 is 0 Å². The second kappa shape index (κ2) is 11.0. The monoisotopic (exact) mass is 484 g/mol. The van der Waals surface area contributed by atoms with Crippen LogP contribution in [0.5, 0.6) is 5.75 Å². The van der Waals surface area contributed by atoms with Crippen LogP contribution in [0.4, 0.5) is 23.5 Å². The van der Waals surface area contributed by atoms with Crippen LogP contribution in [0, 0.1) is 0 Å². The van der Waals surface area contributed by atoms with Crippen LogP contribution in [-0.2, 0) is 11.2 Å². The largest absolute Gasteiger partial charge is 0.497 e. The number of anilines is 4. The van der Waals surface area contributed by atoms with Crippen molar-refractivity contribution in [3.05, 3.63) is 72.7 Å². The quantitative estimate of drug-likeness (QED) is 0.463. The fourth-order valence-corrected chi connectivity index (χ4v) is 4.20. The topological polar surface area (TPSA) is 115 Å². The smallest absolute Gasteiger partial charge is 0.228 e. The summed E-state index contributed by atoms with van der Waals surface area (Å²) in [5, 5.41) is 0. The summed E-state index contributed by atoms with van der Waals surface area (Å²) in [4.78, 5) is 26.2. The minimum Gasteiger partial charge on any atom is -0.497 e. The third-order valence-electron chi connectivity index (χ3n) is 5.96. The van der Waals surface area contributed by atoms with E-state index in [0.29, 0.717) is 19.2 Å². The number of fused-ring (bicyclic) bond motifs is 1. The van der Waals surface area contributed by atoms with E-state index < -0.39 is 0 Å². The van der Waals surface area contributed by atoms with Gasteiger partial charge in [0.1, 0.15) is 17.4 Å². The molecule has 6 rings (SSSR count). The minimum absolute atomic E-state index is 0.322. The van der Waals surface area contributed by atoms with Crippen LogP contribution in [0.25, 0.3) is 11.3 Å². The number of nitrogens with zero attached hydrogens (tertiary/aromatic N) is 7. The number of methoxy groups -OCH3 is 1. The van der Waals surface area contributed by atoms with Gasteiger partial charge in [-0.15, -0.1) is 0 Å². The molecule has 0 saturated carbocycles. The maximum Gasteiger partial charge on any atom is 0.228 e. The summed E-state index contributed by atoms with van der Waals surface area (Å²) in [6.07, 6.45) is 5.90. The molecule has 0 amide bonds. The van der Waals surface area contributed by atoms with Crippen molar-refractivity contribution in [1.82, 2.24) is 24.9 Å². The number of nitrogen functional groups attached to an aromatic ring is 1. The molecule has 3 aromatic heterocycles. The van der Waals surface area contributed by atoms with Crippen molar-refractivity contribution in [1.29, 1.82) is 0 Å². The molecule has 4 aromatic rings. The first-order chi connectivity index (χ1) is 17.7. The molecule has 0 aliphatic carbocycles. The molecule has 184 valence electrons. The van der Waals surface area contributed by atoms with Gasteiger partial charge in [-0.1, -0.05) is 18.2 Å². The number of pyridine rings is 1. The molecular formula is C26H28N8O2. The van der Waals surface area contributed by atoms with E-state index in [0.717, 1.165) is 66.2 Å². The van der Waals surface area contributed by atoms with Crippen LogP contribution in [0.1, 0.15) is 5.56 Å². The van der Waals surface area contributed by atoms with Crippen molar-refractivity contribution in [3.8, 4) is 17.0 Å². The average Bonchev–Trinajstić information content (AvgIpc) is 3.38. The summed E-state index contributed by atoms with van der Waals surface area (Å²) in [7, 11) is 1.69. The molecule has 10 heteroatoms. The Morgan fingerprint density at radius 3 is 2.39 bits per heavy atom. The lowest BCUT2D eigenvalue weighted by atomic mass is 10.1. The zero-order chi connectivity index (χ0) is 24.7. The van der Waals surface area contributed by atoms with Gasteiger partial charge in [-0.3, -0.25) is 0 Å². The average molecular weight is 485 g/mol. The van der Waals surface area contributed by atoms with Gasteiger partial charge in [0, 0.05) is 49.4 Å². The molecule has 2 aliphatic rings. The van der Waals surface area contributed by atoms with Crippen LogP contribution in [0.2, 0.25) is 0 Å². The van der Waals surface area contributed by atoms with Crippen LogP contribution in [0.15, 0.2) is 67.1 Å². The summed E-state index contributed by atoms with van der Waals surface area (Å²) < 4.78 is 11.0. The van der Waals surface area contributed by atoms with Gasteiger partial charge in [-0.2, -0.15) is 4.98 Å². The molecule has 1 saturated heterocycles. The van der Waals surface area contributed by atoms with Gasteiger partial charge >= 0.3 is 0 Å². The summed E-state index contributed by atoms with van der Waals surface area (Å²) in [5.74, 6) is 3.74. The molecule has 1 fully saturated rings. The molecule has 2 aliphatic heterocycles. The Labute approximate surface area is 209 Å². The number of hydrogen-bond donors (Lipinski definition) is 1. The van der Waals surface area contributed by atoms with Gasteiger partial charge in [0.25, 0.3) is 0 Å². The lowest BCUT2D eigenvalue weighted by Crippen LogP contribution is -2.37. The minimum atomic E-state index is 0.322. The molecule has 36 heavy (non-hydrogen) atoms.